The van der Waals surface area contributed by atoms with Crippen LogP contribution >= 0.6 is 34.4 Å². The molecule has 0 spiro atoms. The third kappa shape index (κ3) is 19.8. The van der Waals surface area contributed by atoms with Crippen LogP contribution in [0.3, 0.4) is 0 Å². The Morgan fingerprint density at radius 1 is 0.989 bits per heavy atom. The predicted molar refractivity (Wildman–Crippen MR) is 314 cm³/mol. The number of carbonyl (C=O) groups excluding carboxylic acids is 3. The van der Waals surface area contributed by atoms with E-state index in [1.54, 1.807) is 43.3 Å². The highest BCUT2D eigenvalue weighted by atomic mass is 32.2. The van der Waals surface area contributed by atoms with Crippen LogP contribution < -0.4 is 37.4 Å². The molecule has 1 aliphatic heterocycles. The lowest BCUT2D eigenvalue weighted by molar-refractivity contribution is -0.122. The van der Waals surface area contributed by atoms with Crippen molar-refractivity contribution in [2.24, 2.45) is 10.2 Å². The number of nitrogens with one attached hydrogen (secondary N) is 4. The molecule has 6 atom stereocenters. The maximum atomic E-state index is 13.2. The van der Waals surface area contributed by atoms with Gasteiger partial charge < -0.3 is 69.8 Å². The van der Waals surface area contributed by atoms with Gasteiger partial charge in [-0.3, -0.25) is 32.6 Å². The summed E-state index contributed by atoms with van der Waals surface area (Å²) in [4.78, 5) is 109. The number of phosphoric acid groups is 1. The van der Waals surface area contributed by atoms with Gasteiger partial charge in [0, 0.05) is 64.8 Å². The van der Waals surface area contributed by atoms with Gasteiger partial charge in [-0.2, -0.15) is 8.42 Å². The number of carbonyl (C=O) groups is 3. The van der Waals surface area contributed by atoms with Gasteiger partial charge in [0.25, 0.3) is 21.9 Å². The summed E-state index contributed by atoms with van der Waals surface area (Å²) in [6, 6.07) is 11.3. The zero-order valence-corrected chi connectivity index (χ0v) is 50.4. The number of aromatic nitrogens is 4. The van der Waals surface area contributed by atoms with Crippen molar-refractivity contribution < 1.29 is 88.1 Å². The van der Waals surface area contributed by atoms with Crippen molar-refractivity contribution in [3.8, 4) is 28.2 Å². The second-order valence-electron chi connectivity index (χ2n) is 19.0. The summed E-state index contributed by atoms with van der Waals surface area (Å²) in [5, 5.41) is 19.2. The van der Waals surface area contributed by atoms with Crippen LogP contribution in [0.5, 0.6) is 5.75 Å². The van der Waals surface area contributed by atoms with E-state index in [2.05, 4.69) is 72.4 Å². The number of hydrogen-bond acceptors (Lipinski definition) is 23. The van der Waals surface area contributed by atoms with E-state index in [9.17, 15) is 56.6 Å². The van der Waals surface area contributed by atoms with E-state index in [0.717, 1.165) is 17.7 Å². The average Bonchev–Trinajstić information content (AvgIpc) is 3.60. The summed E-state index contributed by atoms with van der Waals surface area (Å²) in [7, 11) is -20.1. The molecule has 11 N–H and O–H groups in total. The van der Waals surface area contributed by atoms with Crippen molar-refractivity contribution in [2.75, 3.05) is 68.8 Å². The van der Waals surface area contributed by atoms with Crippen molar-refractivity contribution in [3.63, 3.8) is 0 Å². The third-order valence-electron chi connectivity index (χ3n) is 12.4. The summed E-state index contributed by atoms with van der Waals surface area (Å²) in [6.45, 7) is 0.415. The number of azide groups is 2. The molecule has 88 heavy (non-hydrogen) atoms. The topological polar surface area (TPSA) is 529 Å². The summed E-state index contributed by atoms with van der Waals surface area (Å²) in [5.74, 6) is 2.06. The highest BCUT2D eigenvalue weighted by Crippen LogP contribution is 2.65. The molecule has 2 aromatic carbocycles. The smallest absolute Gasteiger partial charge is 0.479 e. The molecule has 1 aliphatic rings. The van der Waals surface area contributed by atoms with Crippen molar-refractivity contribution >= 4 is 95.7 Å². The fourth-order valence-corrected chi connectivity index (χ4v) is 14.3. The van der Waals surface area contributed by atoms with E-state index < -0.39 is 107 Å². The largest absolute Gasteiger partial charge is 0.493 e. The number of rotatable bonds is 31. The molecule has 0 saturated carbocycles. The number of aryl methyl sites for hydroxylation is 1. The van der Waals surface area contributed by atoms with Crippen molar-refractivity contribution in [2.45, 2.75) is 63.5 Å². The van der Waals surface area contributed by atoms with Crippen LogP contribution in [0.4, 0.5) is 11.5 Å². The Bertz CT molecular complexity index is 4070. The number of anilines is 2. The van der Waals surface area contributed by atoms with Gasteiger partial charge in [-0.15, -0.1) is 11.3 Å². The first-order chi connectivity index (χ1) is 41.7. The quantitative estimate of drug-likeness (QED) is 0.00391. The molecule has 6 unspecified atom stereocenters. The average molecular weight is 1320 g/mol. The molecule has 6 aromatic rings. The molecule has 0 aliphatic carbocycles. The first-order valence-electron chi connectivity index (χ1n) is 26.0. The number of amides is 3. The number of thiazole rings is 1. The first-order valence-corrected chi connectivity index (χ1v) is 33.5. The first kappa shape index (κ1) is 67.7. The minimum absolute atomic E-state index is 0.0172. The summed E-state index contributed by atoms with van der Waals surface area (Å²) >= 11 is 1.04. The maximum Gasteiger partial charge on any atom is 0.479 e. The predicted octanol–water partition coefficient (Wildman–Crippen LogP) is 5.19. The number of fused-ring (bicyclic) bond motifs is 2. The lowest BCUT2D eigenvalue weighted by Crippen LogP contribution is -2.37. The van der Waals surface area contributed by atoms with Crippen molar-refractivity contribution in [1.82, 2.24) is 35.5 Å². The fourth-order valence-electron chi connectivity index (χ4n) is 8.49. The van der Waals surface area contributed by atoms with Gasteiger partial charge in [-0.05, 0) is 80.1 Å². The number of benzene rings is 2. The van der Waals surface area contributed by atoms with Crippen molar-refractivity contribution in [3.05, 3.63) is 114 Å². The standard InChI is InChI=1S/C48H56N15O20P3S2/c1-28-41(87-47(59-28)34-19-29-11-12-32(20-36(29)82-48(34)67)52-16-7-17-88(75,76)77)46(66)55-14-4-2-3-13-53-44(64)30-8-5-10-33(18-30)78-23-35(60-62-51)45(65)54-15-6-9-31-22-63(43-40(31)42(49)56-25-57-43)39-21-37(79-26-58-61-50)38(81-39)24-80-86(73,74)83-85(71,72)27-84(68,69)70/h5,8,10-12,18-20,22,25,35,37-39,52H,2-4,7,13-17,21,23-24,26-27H2,1H3,(H,53,64)(H,54,65)(H,55,66)(H,71,72)(H,73,74)(H2,49,56,57)(H2,68,69,70)(H,75,76,77). The van der Waals surface area contributed by atoms with Crippen LogP contribution in [0.2, 0.25) is 0 Å². The van der Waals surface area contributed by atoms with Gasteiger partial charge in [0.05, 0.1) is 47.2 Å². The Balaban J connectivity index is 0.853. The van der Waals surface area contributed by atoms with E-state index in [-0.39, 0.29) is 76.7 Å². The Labute approximate surface area is 502 Å². The lowest BCUT2D eigenvalue weighted by atomic mass is 10.1. The molecule has 40 heteroatoms. The van der Waals surface area contributed by atoms with Crippen LogP contribution in [-0.2, 0) is 46.9 Å². The number of nitrogens with zero attached hydrogens (tertiary/aromatic N) is 10. The molecule has 470 valence electrons. The number of unbranched alkanes of at least 4 members (excludes halogenated alkanes) is 2. The van der Waals surface area contributed by atoms with E-state index in [0.29, 0.717) is 59.0 Å². The van der Waals surface area contributed by atoms with Gasteiger partial charge in [0.2, 0.25) is 5.91 Å². The number of nitrogen functional groups attached to an aromatic ring is 1. The molecular weight excluding hydrogens is 1260 g/mol. The second-order valence-corrected chi connectivity index (χ2v) is 27.1. The van der Waals surface area contributed by atoms with Crippen LogP contribution in [0, 0.1) is 18.8 Å². The lowest BCUT2D eigenvalue weighted by Gasteiger charge is -2.21. The van der Waals surface area contributed by atoms with Gasteiger partial charge >= 0.3 is 28.6 Å². The summed E-state index contributed by atoms with van der Waals surface area (Å²) in [6.07, 6.45) is 1.18. The molecule has 1 fully saturated rings. The van der Waals surface area contributed by atoms with Gasteiger partial charge in [-0.1, -0.05) is 28.1 Å². The highest BCUT2D eigenvalue weighted by molar-refractivity contribution is 7.85. The van der Waals surface area contributed by atoms with Crippen LogP contribution in [-0.4, -0.2) is 146 Å². The third-order valence-corrected chi connectivity index (χ3v) is 19.6. The van der Waals surface area contributed by atoms with Gasteiger partial charge in [0.15, 0.2) is 11.9 Å². The molecule has 7 rings (SSSR count). The summed E-state index contributed by atoms with van der Waals surface area (Å²) in [5.41, 5.74) is 25.7. The number of ether oxygens (including phenoxy) is 3. The van der Waals surface area contributed by atoms with E-state index >= 15 is 0 Å². The van der Waals surface area contributed by atoms with E-state index in [4.69, 9.17) is 48.8 Å². The molecule has 4 aromatic heterocycles. The molecular formula is C48H56N15O20P3S2. The molecule has 1 saturated heterocycles. The fraction of sp³-hybridized carbons (Fsp3) is 0.396. The zero-order valence-electron chi connectivity index (χ0n) is 46.0. The molecule has 0 bridgehead atoms. The van der Waals surface area contributed by atoms with Crippen LogP contribution in [0.1, 0.15) is 69.6 Å². The van der Waals surface area contributed by atoms with Gasteiger partial charge in [0.1, 0.15) is 64.7 Å². The summed E-state index contributed by atoms with van der Waals surface area (Å²) < 4.78 is 100. The van der Waals surface area contributed by atoms with Crippen molar-refractivity contribution in [1.29, 1.82) is 0 Å². The number of hydrogen-bond donors (Lipinski definition) is 10. The normalized spacial score (nSPS) is 16.6. The second kappa shape index (κ2) is 30.4. The minimum atomic E-state index is -5.46. The SMILES string of the molecule is Cc1nc(-c2cc3ccc(NCCCS(=O)(=O)O)cc3oc2=O)sc1C(=O)NCCCCCNC(=O)c1cccc(OCC(N=[N+]=[N-])C(=O)NCC#Cc2cn(C3CC(OCN=[N+]=[N-])C(COP(=O)(O)OP(=O)(O)CP(=O)(O)O)O3)c3ncnc(N)c23)c1. The van der Waals surface area contributed by atoms with E-state index in [1.165, 1.54) is 22.9 Å². The Hall–Kier alpha value is -7.83. The van der Waals surface area contributed by atoms with E-state index in [1.807, 2.05) is 0 Å². The van der Waals surface area contributed by atoms with Gasteiger partial charge in [-0.25, -0.2) is 28.6 Å². The molecule has 0 radical (unpaired) electrons. The number of phosphoric ester groups is 1. The zero-order chi connectivity index (χ0) is 63.8. The molecule has 35 nitrogen and oxygen atoms in total. The monoisotopic (exact) mass is 1320 g/mol. The van der Waals surface area contributed by atoms with Crippen LogP contribution in [0.25, 0.3) is 53.5 Å². The number of nitrogens with two attached hydrogens (primary N) is 1. The molecule has 5 heterocycles. The Morgan fingerprint density at radius 2 is 1.75 bits per heavy atom. The Kier molecular flexibility index (Phi) is 23.4. The molecule has 3 amide bonds. The van der Waals surface area contributed by atoms with Crippen LogP contribution in [0.15, 0.2) is 80.5 Å². The Morgan fingerprint density at radius 3 is 2.48 bits per heavy atom. The minimum Gasteiger partial charge on any atom is -0.493 e. The maximum absolute atomic E-state index is 13.2. The highest BCUT2D eigenvalue weighted by Gasteiger charge is 2.43.